The highest BCUT2D eigenvalue weighted by Gasteiger charge is 2.85. The summed E-state index contributed by atoms with van der Waals surface area (Å²) in [6, 6.07) is 7.77. The van der Waals surface area contributed by atoms with E-state index in [1.807, 2.05) is 0 Å². The molecule has 23 nitrogen and oxygen atoms in total. The molecule has 3 aromatic carbocycles. The lowest BCUT2D eigenvalue weighted by molar-refractivity contribution is -0.247. The van der Waals surface area contributed by atoms with E-state index < -0.39 is 165 Å². The summed E-state index contributed by atoms with van der Waals surface area (Å²) >= 11 is 0. The first-order valence-corrected chi connectivity index (χ1v) is 31.6. The normalized spacial score (nSPS) is 13.9. The fraction of sp³-hybridized carbons (Fsp3) is 0.341. The van der Waals surface area contributed by atoms with E-state index in [-0.39, 0.29) is 35.1 Å². The van der Waals surface area contributed by atoms with Crippen LogP contribution in [0.5, 0.6) is 17.2 Å². The molecule has 0 unspecified atom stereocenters. The average molecular weight is 1460 g/mol. The minimum Gasteiger partial charge on any atom is -0.378 e. The lowest BCUT2D eigenvalue weighted by Gasteiger charge is -2.29. The zero-order valence-electron chi connectivity index (χ0n) is 42.9. The van der Waals surface area contributed by atoms with Crippen molar-refractivity contribution in [3.8, 4) is 17.2 Å². The highest BCUT2D eigenvalue weighted by atomic mass is 32.2. The summed E-state index contributed by atoms with van der Waals surface area (Å²) in [7, 11) is -46.6. The first-order chi connectivity index (χ1) is 39.2. The van der Waals surface area contributed by atoms with Crippen LogP contribution in [0.3, 0.4) is 0 Å². The number of carbonyl (C=O) groups excluding carboxylic acids is 3. The van der Waals surface area contributed by atoms with Crippen LogP contribution in [0, 0.1) is 6.92 Å². The van der Waals surface area contributed by atoms with E-state index in [4.69, 9.17) is 13.7 Å². The number of aryl methyl sites for hydroxylation is 1. The van der Waals surface area contributed by atoms with Crippen molar-refractivity contribution in [1.82, 2.24) is 0 Å². The van der Waals surface area contributed by atoms with Crippen LogP contribution < -0.4 is 12.5 Å². The van der Waals surface area contributed by atoms with Crippen molar-refractivity contribution in [1.29, 1.82) is 0 Å². The molecule has 0 aliphatic rings. The summed E-state index contributed by atoms with van der Waals surface area (Å²) < 4.78 is 432. The van der Waals surface area contributed by atoms with Gasteiger partial charge in [0.2, 0.25) is 0 Å². The summed E-state index contributed by atoms with van der Waals surface area (Å²) in [4.78, 5) is 33.2. The molecule has 0 atom stereocenters. The van der Waals surface area contributed by atoms with Crippen molar-refractivity contribution in [3.63, 3.8) is 0 Å². The van der Waals surface area contributed by atoms with Crippen molar-refractivity contribution >= 4 is 87.9 Å². The number of benzene rings is 3. The maximum Gasteiger partial charge on any atom is 0.450 e. The summed E-state index contributed by atoms with van der Waals surface area (Å²) in [6.07, 6.45) is 1.45. The van der Waals surface area contributed by atoms with Gasteiger partial charge in [-0.15, -0.1) is 0 Å². The second-order valence-electron chi connectivity index (χ2n) is 16.7. The molecular weight excluding hydrogens is 1430 g/mol. The predicted octanol–water partition coefficient (Wildman–Crippen LogP) is 7.13. The van der Waals surface area contributed by atoms with Gasteiger partial charge in [0.05, 0.1) is 4.90 Å². The molecule has 0 saturated heterocycles. The van der Waals surface area contributed by atoms with E-state index in [9.17, 15) is 152 Å². The van der Waals surface area contributed by atoms with Crippen molar-refractivity contribution in [2.45, 2.75) is 80.9 Å². The molecule has 0 aliphatic heterocycles. The molecular formula is C41H34F18O23S7. The van der Waals surface area contributed by atoms with Gasteiger partial charge >= 0.3 is 110 Å². The number of halogens is 18. The Morgan fingerprint density at radius 1 is 0.449 bits per heavy atom. The second-order valence-corrected chi connectivity index (χ2v) is 27.9. The lowest BCUT2D eigenvalue weighted by Crippen LogP contribution is -2.61. The maximum atomic E-state index is 13.7. The molecule has 0 heterocycles. The summed E-state index contributed by atoms with van der Waals surface area (Å²) in [6.45, 7) is 11.9. The van der Waals surface area contributed by atoms with Crippen LogP contribution in [-0.2, 0) is 97.8 Å². The van der Waals surface area contributed by atoms with Gasteiger partial charge in [-0.2, -0.15) is 130 Å². The Kier molecular flexibility index (Phi) is 23.9. The van der Waals surface area contributed by atoms with Gasteiger partial charge in [-0.25, -0.2) is 8.42 Å². The summed E-state index contributed by atoms with van der Waals surface area (Å²) in [5.74, 6) is -27.6. The van der Waals surface area contributed by atoms with Crippen molar-refractivity contribution in [2.75, 3.05) is 5.75 Å². The third-order valence-electron chi connectivity index (χ3n) is 10.1. The fourth-order valence-electron chi connectivity index (χ4n) is 5.20. The number of sulfone groups is 1. The van der Waals surface area contributed by atoms with Gasteiger partial charge in [0, 0.05) is 12.8 Å². The molecule has 0 aliphatic carbocycles. The van der Waals surface area contributed by atoms with Gasteiger partial charge in [-0.1, -0.05) is 44.0 Å². The van der Waals surface area contributed by atoms with Gasteiger partial charge in [-0.3, -0.25) is 28.0 Å². The molecule has 0 bridgehead atoms. The molecule has 0 fully saturated rings. The zero-order chi connectivity index (χ0) is 70.8. The Hall–Kier alpha value is -6.44. The number of carbonyl (C=O) groups is 3. The minimum absolute atomic E-state index is 0.121. The lowest BCUT2D eigenvalue weighted by atomic mass is 10.1. The van der Waals surface area contributed by atoms with Gasteiger partial charge in [0.15, 0.2) is 27.2 Å². The number of hydrogen-bond donors (Lipinski definition) is 3. The molecule has 3 rings (SSSR count). The Balaban J connectivity index is 0.000000669. The average Bonchev–Trinajstić information content (AvgIpc) is 0.742. The summed E-state index contributed by atoms with van der Waals surface area (Å²) in [5, 5.41) is -41.1. The van der Waals surface area contributed by atoms with Gasteiger partial charge in [0.25, 0.3) is 0 Å². The van der Waals surface area contributed by atoms with Crippen LogP contribution in [0.2, 0.25) is 0 Å². The molecule has 0 amide bonds. The Labute approximate surface area is 489 Å². The number of hydrogen-bond acceptors (Lipinski definition) is 20. The van der Waals surface area contributed by atoms with Crippen molar-refractivity contribution < 1.29 is 179 Å². The number of alkyl halides is 18. The Morgan fingerprint density at radius 2 is 0.730 bits per heavy atom. The second kappa shape index (κ2) is 26.4. The Morgan fingerprint density at radius 3 is 1.01 bits per heavy atom. The Bertz CT molecular complexity index is 4070. The van der Waals surface area contributed by atoms with E-state index in [1.54, 1.807) is 0 Å². The molecule has 0 saturated carbocycles. The standard InChI is InChI=1S/C14H12F6O9S3.C14H12F6O7S2.C13H10F6O7S2/c1-8(2)11(21)7-30(22,23)10-5-3-9(4-6-10)29-32(27,28)14(19,20)12(15,16)13(17,18)31(24,25)26;1-3-10(21)7-9-4-5-11(8(2)6-9)27-29(25,26)14(19,20)12(15,16)13(17,18)28(22,23)24;1-2-9(20)7-8-3-5-10(6-4-8)26-28(24,25)13(18,19)11(14,15)12(16,17)27(21,22)23/h3-6H,1,7H2,2H3,(H,24,25,26);3-6H,1,7H2,2H3,(H,22,23,24);2-6H,1,7H2,(H,21,22,23). The smallest absolute Gasteiger partial charge is 0.378 e. The number of rotatable bonds is 28. The molecule has 3 N–H and O–H groups in total. The topological polar surface area (TPSA) is 379 Å². The molecule has 0 aromatic heterocycles. The van der Waals surface area contributed by atoms with Crippen molar-refractivity contribution in [2.24, 2.45) is 0 Å². The highest BCUT2D eigenvalue weighted by molar-refractivity contribution is 7.92. The number of Topliss-reactive ketones (excluding diaryl/α,β-unsaturated/α-hetero) is 1. The fourth-order valence-corrected chi connectivity index (χ4v) is 10.9. The van der Waals surface area contributed by atoms with Crippen LogP contribution in [0.4, 0.5) is 79.0 Å². The van der Waals surface area contributed by atoms with E-state index in [0.717, 1.165) is 43.3 Å². The van der Waals surface area contributed by atoms with Crippen molar-refractivity contribution in [3.05, 3.63) is 121 Å². The predicted molar refractivity (Wildman–Crippen MR) is 262 cm³/mol. The van der Waals surface area contributed by atoms with E-state index >= 15 is 0 Å². The quantitative estimate of drug-likeness (QED) is 0.0281. The van der Waals surface area contributed by atoms with Gasteiger partial charge < -0.3 is 12.5 Å². The largest absolute Gasteiger partial charge is 0.450 e. The number of ketones is 3. The third kappa shape index (κ3) is 16.6. The van der Waals surface area contributed by atoms with Crippen LogP contribution >= 0.6 is 0 Å². The molecule has 0 radical (unpaired) electrons. The third-order valence-corrected chi connectivity index (χ3v) is 18.3. The van der Waals surface area contributed by atoms with E-state index in [1.165, 1.54) is 6.92 Å². The molecule has 89 heavy (non-hydrogen) atoms. The molecule has 48 heteroatoms. The first kappa shape index (κ1) is 80.6. The SMILES string of the molecule is C=C(C)C(=O)CS(=O)(=O)c1ccc(OS(=O)(=O)C(F)(F)C(F)(F)C(F)(F)S(=O)(=O)O)cc1.C=CC(=O)Cc1ccc(OS(=O)(=O)C(F)(F)C(F)(F)C(F)(F)S(=O)(=O)O)c(C)c1.C=CC(=O)Cc1ccc(OS(=O)(=O)C(F)(F)C(F)(F)C(F)(F)S(=O)(=O)O)cc1. The minimum atomic E-state index is -7.20. The monoisotopic (exact) mass is 1460 g/mol. The van der Waals surface area contributed by atoms with Crippen LogP contribution in [0.1, 0.15) is 23.6 Å². The van der Waals surface area contributed by atoms with Gasteiger partial charge in [-0.05, 0) is 90.7 Å². The molecule has 3 aromatic rings. The van der Waals surface area contributed by atoms with E-state index in [0.29, 0.717) is 42.5 Å². The van der Waals surface area contributed by atoms with E-state index in [2.05, 4.69) is 32.3 Å². The van der Waals surface area contributed by atoms with Gasteiger partial charge in [0.1, 0.15) is 23.0 Å². The molecule has 0 spiro atoms. The number of allylic oxidation sites excluding steroid dienone is 3. The zero-order valence-corrected chi connectivity index (χ0v) is 48.6. The summed E-state index contributed by atoms with van der Waals surface area (Å²) in [5.41, 5.74) is 0.0601. The maximum absolute atomic E-state index is 13.7. The first-order valence-electron chi connectivity index (χ1n) is 21.4. The van der Waals surface area contributed by atoms with Crippen LogP contribution in [-0.4, -0.2) is 145 Å². The van der Waals surface area contributed by atoms with Crippen LogP contribution in [0.25, 0.3) is 0 Å². The van der Waals surface area contributed by atoms with Crippen LogP contribution in [0.15, 0.2) is 109 Å². The molecule has 504 valence electrons. The highest BCUT2D eigenvalue weighted by Crippen LogP contribution is 2.54.